The van der Waals surface area contributed by atoms with Gasteiger partial charge in [0.25, 0.3) is 5.43 Å². The molecule has 0 bridgehead atoms. The second kappa shape index (κ2) is 12.5. The zero-order valence-electron chi connectivity index (χ0n) is 21.1. The third-order valence-electron chi connectivity index (χ3n) is 6.05. The van der Waals surface area contributed by atoms with E-state index in [1.54, 1.807) is 6.07 Å². The van der Waals surface area contributed by atoms with Crippen LogP contribution in [0.25, 0.3) is 0 Å². The van der Waals surface area contributed by atoms with E-state index in [-0.39, 0.29) is 12.2 Å². The van der Waals surface area contributed by atoms with Crippen molar-refractivity contribution in [3.8, 4) is 5.75 Å². The quantitative estimate of drug-likeness (QED) is 0.403. The Hall–Kier alpha value is -3.42. The number of benzene rings is 2. The number of hydrogen-bond donors (Lipinski definition) is 1. The molecule has 0 aliphatic heterocycles. The molecule has 1 saturated carbocycles. The number of aromatic hydroxyl groups is 1. The van der Waals surface area contributed by atoms with Gasteiger partial charge in [-0.05, 0) is 31.4 Å². The molecule has 0 unspecified atom stereocenters. The molecule has 8 heteroatoms. The summed E-state index contributed by atoms with van der Waals surface area (Å²) in [7, 11) is 0. The SMILES string of the molecule is CC.CC(=O)c1nn(CC2(c3cccc(C(F)(F)F)c3)CCCC2)cc(O)c1=O.Cc1ccccc1. The lowest BCUT2D eigenvalue weighted by Gasteiger charge is -2.31. The summed E-state index contributed by atoms with van der Waals surface area (Å²) >= 11 is 0. The molecular formula is C28H33F3N2O3. The van der Waals surface area contributed by atoms with Crippen LogP contribution in [0.3, 0.4) is 0 Å². The van der Waals surface area contributed by atoms with Crippen LogP contribution in [0, 0.1) is 6.92 Å². The Morgan fingerprint density at radius 2 is 1.67 bits per heavy atom. The van der Waals surface area contributed by atoms with E-state index >= 15 is 0 Å². The number of halogens is 3. The highest BCUT2D eigenvalue weighted by molar-refractivity contribution is 5.92. The Morgan fingerprint density at radius 1 is 1.06 bits per heavy atom. The van der Waals surface area contributed by atoms with Crippen molar-refractivity contribution in [2.75, 3.05) is 0 Å². The van der Waals surface area contributed by atoms with Gasteiger partial charge in [0.15, 0.2) is 17.2 Å². The van der Waals surface area contributed by atoms with Crippen LogP contribution in [0.2, 0.25) is 0 Å². The summed E-state index contributed by atoms with van der Waals surface area (Å²) in [6.07, 6.45) is -0.311. The summed E-state index contributed by atoms with van der Waals surface area (Å²) in [4.78, 5) is 23.4. The second-order valence-electron chi connectivity index (χ2n) is 8.67. The molecule has 0 atom stereocenters. The number of alkyl halides is 3. The molecule has 0 spiro atoms. The van der Waals surface area contributed by atoms with E-state index in [2.05, 4.69) is 24.2 Å². The zero-order valence-corrected chi connectivity index (χ0v) is 21.1. The molecule has 4 rings (SSSR count). The average Bonchev–Trinajstić information content (AvgIpc) is 3.32. The number of aryl methyl sites for hydroxylation is 1. The normalized spacial score (nSPS) is 14.2. The number of carbonyl (C=O) groups excluding carboxylic acids is 1. The maximum atomic E-state index is 13.1. The van der Waals surface area contributed by atoms with Gasteiger partial charge in [0, 0.05) is 12.3 Å². The first-order chi connectivity index (χ1) is 17.0. The summed E-state index contributed by atoms with van der Waals surface area (Å²) in [6, 6.07) is 15.5. The maximum Gasteiger partial charge on any atom is 0.416 e. The highest BCUT2D eigenvalue weighted by Crippen LogP contribution is 2.44. The van der Waals surface area contributed by atoms with Crippen molar-refractivity contribution in [1.82, 2.24) is 9.78 Å². The van der Waals surface area contributed by atoms with E-state index in [4.69, 9.17) is 0 Å². The number of hydrogen-bond acceptors (Lipinski definition) is 4. The number of Topliss-reactive ketones (excluding diaryl/α,β-unsaturated/α-hetero) is 1. The molecule has 194 valence electrons. The van der Waals surface area contributed by atoms with Crippen LogP contribution in [0.4, 0.5) is 13.2 Å². The van der Waals surface area contributed by atoms with Gasteiger partial charge in [-0.3, -0.25) is 14.3 Å². The summed E-state index contributed by atoms with van der Waals surface area (Å²) in [6.45, 7) is 7.42. The smallest absolute Gasteiger partial charge is 0.416 e. The van der Waals surface area contributed by atoms with Crippen molar-refractivity contribution >= 4 is 5.78 Å². The Balaban J connectivity index is 0.000000431. The van der Waals surface area contributed by atoms with E-state index in [1.165, 1.54) is 23.2 Å². The highest BCUT2D eigenvalue weighted by atomic mass is 19.4. The van der Waals surface area contributed by atoms with Crippen molar-refractivity contribution in [1.29, 1.82) is 0 Å². The van der Waals surface area contributed by atoms with Crippen LogP contribution in [-0.2, 0) is 18.1 Å². The van der Waals surface area contributed by atoms with Crippen LogP contribution >= 0.6 is 0 Å². The molecule has 1 aromatic heterocycles. The van der Waals surface area contributed by atoms with Gasteiger partial charge in [0.05, 0.1) is 18.3 Å². The molecule has 0 radical (unpaired) electrons. The minimum Gasteiger partial charge on any atom is -0.503 e. The first-order valence-electron chi connectivity index (χ1n) is 12.0. The number of carbonyl (C=O) groups is 1. The van der Waals surface area contributed by atoms with E-state index in [1.807, 2.05) is 32.0 Å². The van der Waals surface area contributed by atoms with E-state index in [0.29, 0.717) is 18.4 Å². The maximum absolute atomic E-state index is 13.1. The fourth-order valence-corrected chi connectivity index (χ4v) is 4.29. The predicted octanol–water partition coefficient (Wildman–Crippen LogP) is 6.70. The lowest BCUT2D eigenvalue weighted by Crippen LogP contribution is -2.31. The molecule has 5 nitrogen and oxygen atoms in total. The first-order valence-corrected chi connectivity index (χ1v) is 12.0. The molecule has 1 aliphatic rings. The fourth-order valence-electron chi connectivity index (χ4n) is 4.29. The number of aromatic nitrogens is 2. The monoisotopic (exact) mass is 502 g/mol. The zero-order chi connectivity index (χ0) is 26.9. The molecule has 36 heavy (non-hydrogen) atoms. The molecule has 1 aliphatic carbocycles. The minimum absolute atomic E-state index is 0.169. The lowest BCUT2D eigenvalue weighted by atomic mass is 9.78. The van der Waals surface area contributed by atoms with E-state index in [0.717, 1.165) is 31.2 Å². The molecule has 0 amide bonds. The van der Waals surface area contributed by atoms with Gasteiger partial charge in [-0.2, -0.15) is 18.3 Å². The molecular weight excluding hydrogens is 469 g/mol. The van der Waals surface area contributed by atoms with Crippen LogP contribution in [-0.4, -0.2) is 20.7 Å². The Kier molecular flexibility index (Phi) is 10.0. The molecule has 0 saturated heterocycles. The van der Waals surface area contributed by atoms with Crippen LogP contribution in [0.5, 0.6) is 5.75 Å². The topological polar surface area (TPSA) is 72.2 Å². The molecule has 1 heterocycles. The Labute approximate surface area is 209 Å². The van der Waals surface area contributed by atoms with E-state index < -0.39 is 34.1 Å². The average molecular weight is 503 g/mol. The van der Waals surface area contributed by atoms with Gasteiger partial charge in [0.1, 0.15) is 0 Å². The predicted molar refractivity (Wildman–Crippen MR) is 134 cm³/mol. The minimum atomic E-state index is -4.44. The number of rotatable bonds is 4. The third kappa shape index (κ3) is 7.29. The fraction of sp³-hybridized carbons (Fsp3) is 0.393. The first kappa shape index (κ1) is 28.8. The Bertz CT molecular complexity index is 1200. The largest absolute Gasteiger partial charge is 0.503 e. The van der Waals surface area contributed by atoms with E-state index in [9.17, 15) is 27.9 Å². The molecule has 2 aromatic carbocycles. The van der Waals surface area contributed by atoms with Gasteiger partial charge in [-0.1, -0.05) is 80.8 Å². The van der Waals surface area contributed by atoms with Gasteiger partial charge in [-0.15, -0.1) is 0 Å². The van der Waals surface area contributed by atoms with Crippen molar-refractivity contribution in [3.63, 3.8) is 0 Å². The number of nitrogens with zero attached hydrogens (tertiary/aromatic N) is 2. The summed E-state index contributed by atoms with van der Waals surface area (Å²) in [5.41, 5.74) is -0.692. The van der Waals surface area contributed by atoms with Crippen molar-refractivity contribution in [2.45, 2.75) is 71.5 Å². The molecule has 3 aromatic rings. The second-order valence-corrected chi connectivity index (χ2v) is 8.67. The van der Waals surface area contributed by atoms with Gasteiger partial charge < -0.3 is 5.11 Å². The lowest BCUT2D eigenvalue weighted by molar-refractivity contribution is -0.137. The standard InChI is InChI=1S/C19H19F3N2O3.C7H8.C2H6/c1-12(25)16-17(27)15(26)10-24(23-16)11-18(7-2-3-8-18)13-5-4-6-14(9-13)19(20,21)22;1-7-5-3-2-4-6-7;1-2/h4-6,9-10,26H,2-3,7-8,11H2,1H3;2-6H,1H3;1-2H3. The van der Waals surface area contributed by atoms with Crippen molar-refractivity contribution < 1.29 is 23.1 Å². The summed E-state index contributed by atoms with van der Waals surface area (Å²) < 4.78 is 40.7. The summed E-state index contributed by atoms with van der Waals surface area (Å²) in [5, 5.41) is 13.8. The van der Waals surface area contributed by atoms with Gasteiger partial charge in [0.2, 0.25) is 0 Å². The van der Waals surface area contributed by atoms with Crippen molar-refractivity contribution in [2.24, 2.45) is 0 Å². The van der Waals surface area contributed by atoms with Crippen LogP contribution in [0.15, 0.2) is 65.6 Å². The molecule has 1 fully saturated rings. The highest BCUT2D eigenvalue weighted by Gasteiger charge is 2.39. The van der Waals surface area contributed by atoms with Crippen LogP contribution < -0.4 is 5.43 Å². The summed E-state index contributed by atoms with van der Waals surface area (Å²) in [5.74, 6) is -1.18. The molecule has 1 N–H and O–H groups in total. The van der Waals surface area contributed by atoms with Crippen LogP contribution in [0.1, 0.15) is 73.6 Å². The van der Waals surface area contributed by atoms with Gasteiger partial charge in [-0.25, -0.2) is 0 Å². The third-order valence-corrected chi connectivity index (χ3v) is 6.05. The Morgan fingerprint density at radius 3 is 2.17 bits per heavy atom. The number of ketones is 1. The van der Waals surface area contributed by atoms with Crippen molar-refractivity contribution in [3.05, 3.63) is 93.4 Å². The van der Waals surface area contributed by atoms with Gasteiger partial charge >= 0.3 is 6.18 Å².